The molecule has 0 aliphatic heterocycles. The Hall–Kier alpha value is -2.57. The topological polar surface area (TPSA) is 81.2 Å². The third-order valence-corrected chi connectivity index (χ3v) is 2.62. The van der Waals surface area contributed by atoms with Gasteiger partial charge in [0.2, 0.25) is 11.9 Å². The number of benzene rings is 1. The van der Waals surface area contributed by atoms with Crippen molar-refractivity contribution in [3.8, 4) is 11.8 Å². The van der Waals surface area contributed by atoms with Gasteiger partial charge in [-0.25, -0.2) is 0 Å². The Bertz CT molecular complexity index is 574. The first kappa shape index (κ1) is 14.8. The zero-order chi connectivity index (χ0) is 15.1. The van der Waals surface area contributed by atoms with Crippen LogP contribution in [0.4, 0.5) is 17.6 Å². The number of hydrogen-bond donors (Lipinski definition) is 2. The summed E-state index contributed by atoms with van der Waals surface area (Å²) in [5, 5.41) is 5.99. The predicted octanol–water partition coefficient (Wildman–Crippen LogP) is 2.45. The van der Waals surface area contributed by atoms with Gasteiger partial charge in [0, 0.05) is 12.7 Å². The Morgan fingerprint density at radius 3 is 2.38 bits per heavy atom. The summed E-state index contributed by atoms with van der Waals surface area (Å²) in [6.07, 6.45) is 0.891. The molecule has 0 aliphatic rings. The third-order valence-electron chi connectivity index (χ3n) is 2.62. The van der Waals surface area contributed by atoms with Gasteiger partial charge in [0.1, 0.15) is 5.75 Å². The summed E-state index contributed by atoms with van der Waals surface area (Å²) in [6.45, 7) is 2.59. The van der Waals surface area contributed by atoms with Crippen molar-refractivity contribution in [1.82, 2.24) is 15.0 Å². The summed E-state index contributed by atoms with van der Waals surface area (Å²) >= 11 is 0. The molecule has 0 bridgehead atoms. The maximum Gasteiger partial charge on any atom is 0.323 e. The highest BCUT2D eigenvalue weighted by atomic mass is 16.5. The number of methoxy groups -OCH3 is 1. The molecule has 0 saturated carbocycles. The van der Waals surface area contributed by atoms with Crippen molar-refractivity contribution >= 4 is 17.6 Å². The molecule has 0 unspecified atom stereocenters. The molecule has 2 aromatic rings. The Kier molecular flexibility index (Phi) is 5.14. The van der Waals surface area contributed by atoms with Gasteiger partial charge >= 0.3 is 6.01 Å². The normalized spacial score (nSPS) is 10.0. The first-order valence-corrected chi connectivity index (χ1v) is 6.73. The lowest BCUT2D eigenvalue weighted by Crippen LogP contribution is -2.07. The number of nitrogens with one attached hydrogen (secondary N) is 2. The zero-order valence-corrected chi connectivity index (χ0v) is 12.4. The Morgan fingerprint density at radius 2 is 1.76 bits per heavy atom. The van der Waals surface area contributed by atoms with Gasteiger partial charge in [-0.1, -0.05) is 6.92 Å². The van der Waals surface area contributed by atoms with Crippen molar-refractivity contribution < 1.29 is 9.47 Å². The van der Waals surface area contributed by atoms with Gasteiger partial charge in [0.25, 0.3) is 0 Å². The first-order valence-electron chi connectivity index (χ1n) is 6.73. The summed E-state index contributed by atoms with van der Waals surface area (Å²) in [5.41, 5.74) is 0.852. The third kappa shape index (κ3) is 4.20. The molecule has 2 N–H and O–H groups in total. The van der Waals surface area contributed by atoms with Gasteiger partial charge in [0.15, 0.2) is 0 Å². The molecule has 0 radical (unpaired) electrons. The maximum atomic E-state index is 5.45. The van der Waals surface area contributed by atoms with E-state index >= 15 is 0 Å². The summed E-state index contributed by atoms with van der Waals surface area (Å²) in [7, 11) is 3.38. The summed E-state index contributed by atoms with van der Waals surface area (Å²) in [6, 6.07) is 7.78. The molecule has 21 heavy (non-hydrogen) atoms. The average molecular weight is 289 g/mol. The molecule has 2 rings (SSSR count). The second-order valence-corrected chi connectivity index (χ2v) is 4.22. The minimum Gasteiger partial charge on any atom is -0.497 e. The fourth-order valence-corrected chi connectivity index (χ4v) is 1.59. The van der Waals surface area contributed by atoms with Crippen LogP contribution in [0.15, 0.2) is 24.3 Å². The molecular formula is C14H19N5O2. The average Bonchev–Trinajstić information content (AvgIpc) is 2.53. The van der Waals surface area contributed by atoms with E-state index in [2.05, 4.69) is 25.6 Å². The van der Waals surface area contributed by atoms with Crippen LogP contribution in [0.3, 0.4) is 0 Å². The van der Waals surface area contributed by atoms with Crippen LogP contribution in [-0.2, 0) is 0 Å². The second kappa shape index (κ2) is 7.28. The number of ether oxygens (including phenoxy) is 2. The maximum absolute atomic E-state index is 5.45. The summed E-state index contributed by atoms with van der Waals surface area (Å²) in [5.74, 6) is 1.66. The minimum absolute atomic E-state index is 0.298. The van der Waals surface area contributed by atoms with E-state index in [1.807, 2.05) is 31.2 Å². The molecule has 112 valence electrons. The van der Waals surface area contributed by atoms with E-state index < -0.39 is 0 Å². The molecular weight excluding hydrogens is 270 g/mol. The monoisotopic (exact) mass is 289 g/mol. The van der Waals surface area contributed by atoms with Crippen LogP contribution in [0.1, 0.15) is 13.3 Å². The number of hydrogen-bond acceptors (Lipinski definition) is 7. The lowest BCUT2D eigenvalue weighted by molar-refractivity contribution is 0.292. The van der Waals surface area contributed by atoms with Crippen LogP contribution in [0.2, 0.25) is 0 Å². The minimum atomic E-state index is 0.298. The van der Waals surface area contributed by atoms with Gasteiger partial charge < -0.3 is 20.1 Å². The molecule has 0 atom stereocenters. The van der Waals surface area contributed by atoms with Gasteiger partial charge in [0.05, 0.1) is 13.7 Å². The van der Waals surface area contributed by atoms with E-state index in [4.69, 9.17) is 9.47 Å². The lowest BCUT2D eigenvalue weighted by atomic mass is 10.3. The molecule has 0 spiro atoms. The molecule has 0 amide bonds. The highest BCUT2D eigenvalue weighted by molar-refractivity contribution is 5.55. The Morgan fingerprint density at radius 1 is 1.05 bits per heavy atom. The SMILES string of the molecule is CCCOc1nc(NC)nc(Nc2ccc(OC)cc2)n1. The predicted molar refractivity (Wildman–Crippen MR) is 81.4 cm³/mol. The summed E-state index contributed by atoms with van der Waals surface area (Å²) in [4.78, 5) is 12.6. The van der Waals surface area contributed by atoms with E-state index in [0.717, 1.165) is 17.9 Å². The van der Waals surface area contributed by atoms with Crippen LogP contribution < -0.4 is 20.1 Å². The van der Waals surface area contributed by atoms with Crippen LogP contribution in [-0.4, -0.2) is 35.7 Å². The van der Waals surface area contributed by atoms with Crippen LogP contribution >= 0.6 is 0 Å². The molecule has 0 aliphatic carbocycles. The second-order valence-electron chi connectivity index (χ2n) is 4.22. The number of aromatic nitrogens is 3. The lowest BCUT2D eigenvalue weighted by Gasteiger charge is -2.09. The number of anilines is 3. The molecule has 1 aromatic carbocycles. The molecule has 1 aromatic heterocycles. The largest absolute Gasteiger partial charge is 0.497 e. The van der Waals surface area contributed by atoms with Crippen molar-refractivity contribution in [2.45, 2.75) is 13.3 Å². The van der Waals surface area contributed by atoms with Crippen molar-refractivity contribution in [2.24, 2.45) is 0 Å². The van der Waals surface area contributed by atoms with E-state index in [1.165, 1.54) is 0 Å². The standard InChI is InChI=1S/C14H19N5O2/c1-4-9-21-14-18-12(15-2)17-13(19-14)16-10-5-7-11(20-3)8-6-10/h5-8H,4,9H2,1-3H3,(H2,15,16,17,18,19). The highest BCUT2D eigenvalue weighted by Crippen LogP contribution is 2.19. The zero-order valence-electron chi connectivity index (χ0n) is 12.4. The highest BCUT2D eigenvalue weighted by Gasteiger charge is 2.07. The quantitative estimate of drug-likeness (QED) is 0.810. The van der Waals surface area contributed by atoms with Gasteiger partial charge in [-0.15, -0.1) is 0 Å². The van der Waals surface area contributed by atoms with E-state index in [1.54, 1.807) is 14.2 Å². The van der Waals surface area contributed by atoms with Gasteiger partial charge in [-0.3, -0.25) is 0 Å². The molecule has 7 heteroatoms. The van der Waals surface area contributed by atoms with Crippen molar-refractivity contribution in [3.05, 3.63) is 24.3 Å². The Balaban J connectivity index is 2.16. The molecule has 0 fully saturated rings. The van der Waals surface area contributed by atoms with Crippen molar-refractivity contribution in [3.63, 3.8) is 0 Å². The number of nitrogens with zero attached hydrogens (tertiary/aromatic N) is 3. The fourth-order valence-electron chi connectivity index (χ4n) is 1.59. The van der Waals surface area contributed by atoms with E-state index in [-0.39, 0.29) is 0 Å². The number of rotatable bonds is 7. The van der Waals surface area contributed by atoms with Gasteiger partial charge in [-0.2, -0.15) is 15.0 Å². The molecule has 7 nitrogen and oxygen atoms in total. The van der Waals surface area contributed by atoms with E-state index in [0.29, 0.717) is 24.5 Å². The smallest absolute Gasteiger partial charge is 0.323 e. The van der Waals surface area contributed by atoms with E-state index in [9.17, 15) is 0 Å². The van der Waals surface area contributed by atoms with Crippen LogP contribution in [0, 0.1) is 0 Å². The van der Waals surface area contributed by atoms with Crippen LogP contribution in [0.5, 0.6) is 11.8 Å². The first-order chi connectivity index (χ1) is 10.2. The fraction of sp³-hybridized carbons (Fsp3) is 0.357. The van der Waals surface area contributed by atoms with Crippen molar-refractivity contribution in [2.75, 3.05) is 31.4 Å². The molecule has 1 heterocycles. The summed E-state index contributed by atoms with van der Waals surface area (Å²) < 4.78 is 10.6. The Labute approximate surface area is 123 Å². The van der Waals surface area contributed by atoms with Gasteiger partial charge in [-0.05, 0) is 30.7 Å². The van der Waals surface area contributed by atoms with Crippen molar-refractivity contribution in [1.29, 1.82) is 0 Å². The van der Waals surface area contributed by atoms with Crippen LogP contribution in [0.25, 0.3) is 0 Å². The molecule has 0 saturated heterocycles.